The standard InChI is InChI=1S/C16H18BrN3O/c17-7-2-10-20(13-3-1-4-13)16(21)12-5-6-14-15(11-12)19-9-8-18-14/h5-6,8-9,11,13H,1-4,7,10H2. The molecule has 2 aromatic rings. The van der Waals surface area contributed by atoms with Crippen LogP contribution in [-0.4, -0.2) is 38.7 Å². The minimum Gasteiger partial charge on any atom is -0.336 e. The second kappa shape index (κ2) is 6.52. The summed E-state index contributed by atoms with van der Waals surface area (Å²) < 4.78 is 0. The number of nitrogens with zero attached hydrogens (tertiary/aromatic N) is 3. The molecule has 0 spiro atoms. The van der Waals surface area contributed by atoms with Gasteiger partial charge in [-0.1, -0.05) is 15.9 Å². The van der Waals surface area contributed by atoms with Crippen molar-refractivity contribution in [3.8, 4) is 0 Å². The van der Waals surface area contributed by atoms with E-state index in [0.29, 0.717) is 11.6 Å². The number of hydrogen-bond acceptors (Lipinski definition) is 3. The Kier molecular flexibility index (Phi) is 4.48. The number of rotatable bonds is 5. The lowest BCUT2D eigenvalue weighted by atomic mass is 9.90. The molecule has 3 rings (SSSR count). The molecule has 110 valence electrons. The predicted molar refractivity (Wildman–Crippen MR) is 86.6 cm³/mol. The molecule has 1 aromatic heterocycles. The normalized spacial score (nSPS) is 14.9. The van der Waals surface area contributed by atoms with Crippen LogP contribution in [0.15, 0.2) is 30.6 Å². The lowest BCUT2D eigenvalue weighted by molar-refractivity contribution is 0.0581. The van der Waals surface area contributed by atoms with E-state index in [1.807, 2.05) is 23.1 Å². The topological polar surface area (TPSA) is 46.1 Å². The van der Waals surface area contributed by atoms with Gasteiger partial charge in [0.15, 0.2) is 0 Å². The second-order valence-electron chi connectivity index (χ2n) is 5.39. The summed E-state index contributed by atoms with van der Waals surface area (Å²) in [6.45, 7) is 0.813. The molecule has 1 aliphatic carbocycles. The highest BCUT2D eigenvalue weighted by atomic mass is 79.9. The molecule has 1 aliphatic rings. The third kappa shape index (κ3) is 3.07. The first-order chi connectivity index (χ1) is 10.3. The van der Waals surface area contributed by atoms with Crippen molar-refractivity contribution in [2.24, 2.45) is 0 Å². The number of aromatic nitrogens is 2. The van der Waals surface area contributed by atoms with Crippen LogP contribution in [0.1, 0.15) is 36.0 Å². The van der Waals surface area contributed by atoms with Crippen molar-refractivity contribution in [3.63, 3.8) is 0 Å². The van der Waals surface area contributed by atoms with Gasteiger partial charge in [0.2, 0.25) is 0 Å². The van der Waals surface area contributed by atoms with E-state index in [1.165, 1.54) is 6.42 Å². The van der Waals surface area contributed by atoms with Gasteiger partial charge in [0.1, 0.15) is 0 Å². The van der Waals surface area contributed by atoms with E-state index in [0.717, 1.165) is 42.2 Å². The number of fused-ring (bicyclic) bond motifs is 1. The number of alkyl halides is 1. The Bertz CT molecular complexity index is 642. The third-order valence-electron chi connectivity index (χ3n) is 4.03. The van der Waals surface area contributed by atoms with Gasteiger partial charge in [0.05, 0.1) is 11.0 Å². The van der Waals surface area contributed by atoms with Crippen molar-refractivity contribution in [1.82, 2.24) is 14.9 Å². The molecule has 1 amide bonds. The summed E-state index contributed by atoms with van der Waals surface area (Å²) in [5.74, 6) is 0.119. The number of benzene rings is 1. The quantitative estimate of drug-likeness (QED) is 0.778. The highest BCUT2D eigenvalue weighted by molar-refractivity contribution is 9.09. The molecule has 1 fully saturated rings. The Balaban J connectivity index is 1.85. The van der Waals surface area contributed by atoms with Crippen LogP contribution in [0, 0.1) is 0 Å². The van der Waals surface area contributed by atoms with E-state index < -0.39 is 0 Å². The summed E-state index contributed by atoms with van der Waals surface area (Å²) in [6.07, 6.45) is 7.79. The molecule has 0 bridgehead atoms. The molecule has 0 N–H and O–H groups in total. The molecule has 0 radical (unpaired) electrons. The van der Waals surface area contributed by atoms with Crippen LogP contribution in [0.2, 0.25) is 0 Å². The molecule has 4 nitrogen and oxygen atoms in total. The molecule has 5 heteroatoms. The summed E-state index contributed by atoms with van der Waals surface area (Å²) in [7, 11) is 0. The average molecular weight is 348 g/mol. The summed E-state index contributed by atoms with van der Waals surface area (Å²) in [6, 6.07) is 6.00. The van der Waals surface area contributed by atoms with Gasteiger partial charge in [-0.05, 0) is 43.9 Å². The van der Waals surface area contributed by atoms with E-state index in [4.69, 9.17) is 0 Å². The Morgan fingerprint density at radius 3 is 2.67 bits per heavy atom. The number of hydrogen-bond donors (Lipinski definition) is 0. The maximum atomic E-state index is 12.8. The summed E-state index contributed by atoms with van der Waals surface area (Å²) in [5.41, 5.74) is 2.31. The average Bonchev–Trinajstić information content (AvgIpc) is 2.48. The van der Waals surface area contributed by atoms with Crippen molar-refractivity contribution in [2.45, 2.75) is 31.7 Å². The van der Waals surface area contributed by atoms with E-state index in [2.05, 4.69) is 25.9 Å². The van der Waals surface area contributed by atoms with Gasteiger partial charge in [-0.15, -0.1) is 0 Å². The fourth-order valence-electron chi connectivity index (χ4n) is 2.64. The zero-order chi connectivity index (χ0) is 14.7. The van der Waals surface area contributed by atoms with Crippen molar-refractivity contribution in [3.05, 3.63) is 36.2 Å². The van der Waals surface area contributed by atoms with Crippen LogP contribution in [0.4, 0.5) is 0 Å². The summed E-state index contributed by atoms with van der Waals surface area (Å²) in [4.78, 5) is 23.4. The van der Waals surface area contributed by atoms with Crippen molar-refractivity contribution in [1.29, 1.82) is 0 Å². The van der Waals surface area contributed by atoms with Crippen molar-refractivity contribution >= 4 is 32.9 Å². The van der Waals surface area contributed by atoms with E-state index in [1.54, 1.807) is 12.4 Å². The molecule has 1 aromatic carbocycles. The summed E-state index contributed by atoms with van der Waals surface area (Å²) in [5, 5.41) is 0.923. The van der Waals surface area contributed by atoms with Gasteiger partial charge in [0, 0.05) is 35.9 Å². The first-order valence-electron chi connectivity index (χ1n) is 7.37. The SMILES string of the molecule is O=C(c1ccc2nccnc2c1)N(CCCBr)C1CCC1. The largest absolute Gasteiger partial charge is 0.336 e. The van der Waals surface area contributed by atoms with Crippen molar-refractivity contribution in [2.75, 3.05) is 11.9 Å². The molecule has 21 heavy (non-hydrogen) atoms. The fraction of sp³-hybridized carbons (Fsp3) is 0.438. The molecule has 0 saturated heterocycles. The monoisotopic (exact) mass is 347 g/mol. The number of carbonyl (C=O) groups excluding carboxylic acids is 1. The maximum absolute atomic E-state index is 12.8. The Morgan fingerprint density at radius 1 is 1.24 bits per heavy atom. The number of halogens is 1. The zero-order valence-corrected chi connectivity index (χ0v) is 13.4. The van der Waals surface area contributed by atoms with Crippen LogP contribution < -0.4 is 0 Å². The molecular weight excluding hydrogens is 330 g/mol. The van der Waals surface area contributed by atoms with E-state index >= 15 is 0 Å². The molecule has 0 aliphatic heterocycles. The van der Waals surface area contributed by atoms with Gasteiger partial charge < -0.3 is 4.90 Å². The van der Waals surface area contributed by atoms with E-state index in [9.17, 15) is 4.79 Å². The van der Waals surface area contributed by atoms with Gasteiger partial charge in [0.25, 0.3) is 5.91 Å². The first kappa shape index (κ1) is 14.4. The third-order valence-corrected chi connectivity index (χ3v) is 4.59. The number of amides is 1. The smallest absolute Gasteiger partial charge is 0.254 e. The Labute approximate surface area is 132 Å². The molecule has 1 saturated carbocycles. The molecular formula is C16H18BrN3O. The van der Waals surface area contributed by atoms with Crippen LogP contribution >= 0.6 is 15.9 Å². The van der Waals surface area contributed by atoms with Crippen molar-refractivity contribution < 1.29 is 4.79 Å². The van der Waals surface area contributed by atoms with Gasteiger partial charge in [-0.3, -0.25) is 14.8 Å². The van der Waals surface area contributed by atoms with Gasteiger partial charge >= 0.3 is 0 Å². The Morgan fingerprint density at radius 2 is 2.00 bits per heavy atom. The second-order valence-corrected chi connectivity index (χ2v) is 6.18. The molecule has 1 heterocycles. The number of carbonyl (C=O) groups is 1. The van der Waals surface area contributed by atoms with Gasteiger partial charge in [-0.2, -0.15) is 0 Å². The first-order valence-corrected chi connectivity index (χ1v) is 8.49. The van der Waals surface area contributed by atoms with Gasteiger partial charge in [-0.25, -0.2) is 0 Å². The predicted octanol–water partition coefficient (Wildman–Crippen LogP) is 3.41. The highest BCUT2D eigenvalue weighted by Crippen LogP contribution is 2.27. The maximum Gasteiger partial charge on any atom is 0.254 e. The lowest BCUT2D eigenvalue weighted by Crippen LogP contribution is -2.44. The highest BCUT2D eigenvalue weighted by Gasteiger charge is 2.29. The minimum atomic E-state index is 0.119. The van der Waals surface area contributed by atoms with Crippen LogP contribution in [0.3, 0.4) is 0 Å². The van der Waals surface area contributed by atoms with Crippen LogP contribution in [0.5, 0.6) is 0 Å². The lowest BCUT2D eigenvalue weighted by Gasteiger charge is -2.37. The van der Waals surface area contributed by atoms with Crippen LogP contribution in [-0.2, 0) is 0 Å². The van der Waals surface area contributed by atoms with E-state index in [-0.39, 0.29) is 5.91 Å². The summed E-state index contributed by atoms with van der Waals surface area (Å²) >= 11 is 3.45. The zero-order valence-electron chi connectivity index (χ0n) is 11.8. The minimum absolute atomic E-state index is 0.119. The molecule has 0 unspecified atom stereocenters. The molecule has 0 atom stereocenters. The Hall–Kier alpha value is -1.49. The van der Waals surface area contributed by atoms with Crippen LogP contribution in [0.25, 0.3) is 11.0 Å². The fourth-order valence-corrected chi connectivity index (χ4v) is 2.89.